The SMILES string of the molecule is N#Cc1c(COC(=O)c2ccc3cn[nH]c3c2)cn2ccccc12. The minimum Gasteiger partial charge on any atom is -0.457 e. The van der Waals surface area contributed by atoms with Gasteiger partial charge in [0.2, 0.25) is 0 Å². The Bertz CT molecular complexity index is 1100. The number of rotatable bonds is 3. The van der Waals surface area contributed by atoms with E-state index in [4.69, 9.17) is 4.74 Å². The maximum atomic E-state index is 12.3. The molecular weight excluding hydrogens is 304 g/mol. The second kappa shape index (κ2) is 5.56. The van der Waals surface area contributed by atoms with Crippen molar-refractivity contribution >= 4 is 22.4 Å². The van der Waals surface area contributed by atoms with E-state index in [-0.39, 0.29) is 6.61 Å². The molecule has 6 heteroatoms. The first-order valence-electron chi connectivity index (χ1n) is 7.35. The van der Waals surface area contributed by atoms with Crippen LogP contribution in [0.3, 0.4) is 0 Å². The van der Waals surface area contributed by atoms with Gasteiger partial charge in [0.05, 0.1) is 28.4 Å². The summed E-state index contributed by atoms with van der Waals surface area (Å²) in [7, 11) is 0. The van der Waals surface area contributed by atoms with Crippen LogP contribution in [0.15, 0.2) is 55.0 Å². The highest BCUT2D eigenvalue weighted by Gasteiger charge is 2.14. The standard InChI is InChI=1S/C18H12N4O2/c19-8-15-14(10-22-6-2-1-3-17(15)22)11-24-18(23)12-4-5-13-9-20-21-16(13)7-12/h1-7,9-10H,11H2,(H,20,21). The highest BCUT2D eigenvalue weighted by atomic mass is 16.5. The monoisotopic (exact) mass is 316 g/mol. The smallest absolute Gasteiger partial charge is 0.338 e. The van der Waals surface area contributed by atoms with E-state index < -0.39 is 5.97 Å². The number of nitrogens with zero attached hydrogens (tertiary/aromatic N) is 3. The molecule has 3 heterocycles. The number of carbonyl (C=O) groups is 1. The van der Waals surface area contributed by atoms with Crippen molar-refractivity contribution in [2.24, 2.45) is 0 Å². The molecule has 1 N–H and O–H groups in total. The second-order valence-electron chi connectivity index (χ2n) is 5.38. The number of H-pyrrole nitrogens is 1. The molecule has 0 saturated heterocycles. The summed E-state index contributed by atoms with van der Waals surface area (Å²) >= 11 is 0. The van der Waals surface area contributed by atoms with Crippen LogP contribution < -0.4 is 0 Å². The number of hydrogen-bond acceptors (Lipinski definition) is 4. The Balaban J connectivity index is 1.58. The molecule has 0 spiro atoms. The summed E-state index contributed by atoms with van der Waals surface area (Å²) in [5.74, 6) is -0.439. The summed E-state index contributed by atoms with van der Waals surface area (Å²) < 4.78 is 7.22. The van der Waals surface area contributed by atoms with Crippen molar-refractivity contribution in [3.8, 4) is 6.07 Å². The zero-order chi connectivity index (χ0) is 16.5. The van der Waals surface area contributed by atoms with Gasteiger partial charge in [0.25, 0.3) is 0 Å². The van der Waals surface area contributed by atoms with Crippen LogP contribution in [0.5, 0.6) is 0 Å². The molecule has 0 fully saturated rings. The lowest BCUT2D eigenvalue weighted by Crippen LogP contribution is -2.05. The zero-order valence-electron chi connectivity index (χ0n) is 12.6. The fraction of sp³-hybridized carbons (Fsp3) is 0.0556. The molecule has 0 aliphatic heterocycles. The summed E-state index contributed by atoms with van der Waals surface area (Å²) in [4.78, 5) is 12.3. The molecule has 116 valence electrons. The van der Waals surface area contributed by atoms with Crippen LogP contribution in [0.25, 0.3) is 16.4 Å². The third kappa shape index (κ3) is 2.29. The van der Waals surface area contributed by atoms with Gasteiger partial charge >= 0.3 is 5.97 Å². The molecule has 0 amide bonds. The molecule has 4 rings (SSSR count). The summed E-state index contributed by atoms with van der Waals surface area (Å²) in [5, 5.41) is 17.0. The summed E-state index contributed by atoms with van der Waals surface area (Å²) in [6.45, 7) is 0.0461. The predicted octanol–water partition coefficient (Wildman–Crippen LogP) is 3.04. The van der Waals surface area contributed by atoms with Crippen molar-refractivity contribution in [2.45, 2.75) is 6.61 Å². The number of hydrogen-bond donors (Lipinski definition) is 1. The van der Waals surface area contributed by atoms with Gasteiger partial charge in [0.15, 0.2) is 0 Å². The number of nitriles is 1. The molecule has 24 heavy (non-hydrogen) atoms. The lowest BCUT2D eigenvalue weighted by atomic mass is 10.1. The number of aromatic amines is 1. The molecule has 0 atom stereocenters. The van der Waals surface area contributed by atoms with Gasteiger partial charge in [-0.25, -0.2) is 4.79 Å². The molecule has 3 aromatic heterocycles. The molecule has 0 unspecified atom stereocenters. The van der Waals surface area contributed by atoms with Gasteiger partial charge in [-0.05, 0) is 24.3 Å². The molecular formula is C18H12N4O2. The first kappa shape index (κ1) is 14.0. The summed E-state index contributed by atoms with van der Waals surface area (Å²) in [5.41, 5.74) is 3.21. The number of ether oxygens (including phenoxy) is 1. The Kier molecular flexibility index (Phi) is 3.25. The third-order valence-corrected chi connectivity index (χ3v) is 3.91. The maximum Gasteiger partial charge on any atom is 0.338 e. The van der Waals surface area contributed by atoms with E-state index in [0.717, 1.165) is 16.4 Å². The van der Waals surface area contributed by atoms with Crippen LogP contribution in [-0.4, -0.2) is 20.6 Å². The number of esters is 1. The Labute approximate surface area is 136 Å². The van der Waals surface area contributed by atoms with Crippen molar-refractivity contribution in [3.63, 3.8) is 0 Å². The Hall–Kier alpha value is -3.59. The Morgan fingerprint density at radius 2 is 2.25 bits per heavy atom. The number of carbonyl (C=O) groups excluding carboxylic acids is 1. The fourth-order valence-electron chi connectivity index (χ4n) is 2.71. The largest absolute Gasteiger partial charge is 0.457 e. The topological polar surface area (TPSA) is 83.2 Å². The minimum absolute atomic E-state index is 0.0461. The average Bonchev–Trinajstić information content (AvgIpc) is 3.22. The van der Waals surface area contributed by atoms with Gasteiger partial charge in [0, 0.05) is 23.3 Å². The van der Waals surface area contributed by atoms with E-state index in [0.29, 0.717) is 16.7 Å². The minimum atomic E-state index is -0.439. The molecule has 1 aromatic carbocycles. The molecule has 6 nitrogen and oxygen atoms in total. The van der Waals surface area contributed by atoms with Crippen LogP contribution >= 0.6 is 0 Å². The van der Waals surface area contributed by atoms with Crippen molar-refractivity contribution in [3.05, 3.63) is 71.7 Å². The first-order chi connectivity index (χ1) is 11.8. The van der Waals surface area contributed by atoms with E-state index in [1.54, 1.807) is 24.5 Å². The van der Waals surface area contributed by atoms with E-state index in [1.807, 2.05) is 34.9 Å². The van der Waals surface area contributed by atoms with Crippen molar-refractivity contribution in [2.75, 3.05) is 0 Å². The Morgan fingerprint density at radius 3 is 3.12 bits per heavy atom. The van der Waals surface area contributed by atoms with Crippen LogP contribution in [0.2, 0.25) is 0 Å². The second-order valence-corrected chi connectivity index (χ2v) is 5.38. The van der Waals surface area contributed by atoms with Crippen LogP contribution in [0.1, 0.15) is 21.5 Å². The summed E-state index contributed by atoms with van der Waals surface area (Å²) in [6, 6.07) is 13.0. The van der Waals surface area contributed by atoms with Gasteiger partial charge in [-0.1, -0.05) is 12.1 Å². The molecule has 0 aliphatic rings. The number of benzene rings is 1. The normalized spacial score (nSPS) is 10.8. The van der Waals surface area contributed by atoms with E-state index in [1.165, 1.54) is 0 Å². The molecule has 0 aliphatic carbocycles. The Morgan fingerprint density at radius 1 is 1.33 bits per heavy atom. The highest BCUT2D eigenvalue weighted by Crippen LogP contribution is 2.19. The highest BCUT2D eigenvalue weighted by molar-refractivity contribution is 5.94. The lowest BCUT2D eigenvalue weighted by Gasteiger charge is -2.04. The van der Waals surface area contributed by atoms with Crippen molar-refractivity contribution in [1.82, 2.24) is 14.6 Å². The average molecular weight is 316 g/mol. The first-order valence-corrected chi connectivity index (χ1v) is 7.35. The summed E-state index contributed by atoms with van der Waals surface area (Å²) in [6.07, 6.45) is 5.35. The zero-order valence-corrected chi connectivity index (χ0v) is 12.6. The van der Waals surface area contributed by atoms with Gasteiger partial charge in [-0.3, -0.25) is 5.10 Å². The molecule has 4 aromatic rings. The van der Waals surface area contributed by atoms with E-state index >= 15 is 0 Å². The number of aromatic nitrogens is 3. The quantitative estimate of drug-likeness (QED) is 0.589. The molecule has 0 saturated carbocycles. The predicted molar refractivity (Wildman–Crippen MR) is 87.3 cm³/mol. The molecule has 0 bridgehead atoms. The van der Waals surface area contributed by atoms with Gasteiger partial charge in [-0.2, -0.15) is 10.4 Å². The third-order valence-electron chi connectivity index (χ3n) is 3.91. The molecule has 0 radical (unpaired) electrons. The van der Waals surface area contributed by atoms with Crippen molar-refractivity contribution in [1.29, 1.82) is 5.26 Å². The van der Waals surface area contributed by atoms with Gasteiger partial charge in [-0.15, -0.1) is 0 Å². The fourth-order valence-corrected chi connectivity index (χ4v) is 2.71. The van der Waals surface area contributed by atoms with Gasteiger partial charge < -0.3 is 9.14 Å². The van der Waals surface area contributed by atoms with Crippen LogP contribution in [-0.2, 0) is 11.3 Å². The van der Waals surface area contributed by atoms with Gasteiger partial charge in [0.1, 0.15) is 12.7 Å². The van der Waals surface area contributed by atoms with E-state index in [2.05, 4.69) is 16.3 Å². The van der Waals surface area contributed by atoms with Crippen LogP contribution in [0, 0.1) is 11.3 Å². The number of fused-ring (bicyclic) bond motifs is 2. The number of nitrogens with one attached hydrogen (secondary N) is 1. The number of pyridine rings is 1. The van der Waals surface area contributed by atoms with Crippen LogP contribution in [0.4, 0.5) is 0 Å². The lowest BCUT2D eigenvalue weighted by molar-refractivity contribution is 0.0473. The van der Waals surface area contributed by atoms with E-state index in [9.17, 15) is 10.1 Å². The maximum absolute atomic E-state index is 12.3. The van der Waals surface area contributed by atoms with Crippen molar-refractivity contribution < 1.29 is 9.53 Å².